The van der Waals surface area contributed by atoms with Crippen LogP contribution in [0.25, 0.3) is 0 Å². The van der Waals surface area contributed by atoms with E-state index in [1.807, 2.05) is 37.4 Å². The Labute approximate surface area is 159 Å². The second-order valence-corrected chi connectivity index (χ2v) is 7.87. The van der Waals surface area contributed by atoms with Gasteiger partial charge in [0.15, 0.2) is 0 Å². The average Bonchev–Trinajstić information content (AvgIpc) is 3.38. The van der Waals surface area contributed by atoms with Crippen LogP contribution in [0.15, 0.2) is 29.2 Å². The molecule has 7 heteroatoms. The van der Waals surface area contributed by atoms with E-state index in [9.17, 15) is 9.59 Å². The van der Waals surface area contributed by atoms with Gasteiger partial charge in [0.1, 0.15) is 0 Å². The molecule has 0 spiro atoms. The molecule has 2 atom stereocenters. The number of hydrogen-bond acceptors (Lipinski definition) is 4. The van der Waals surface area contributed by atoms with Crippen molar-refractivity contribution in [3.63, 3.8) is 0 Å². The van der Waals surface area contributed by atoms with Crippen molar-refractivity contribution in [1.29, 1.82) is 0 Å². The summed E-state index contributed by atoms with van der Waals surface area (Å²) in [5.74, 6) is 0.125. The number of nitrogens with two attached hydrogens (primary N) is 1. The molecule has 138 valence electrons. The minimum Gasteiger partial charge on any atom is -0.349 e. The monoisotopic (exact) mass is 383 g/mol. The summed E-state index contributed by atoms with van der Waals surface area (Å²) < 4.78 is 0. The largest absolute Gasteiger partial charge is 0.349 e. The highest BCUT2D eigenvalue weighted by Crippen LogP contribution is 2.39. The Kier molecular flexibility index (Phi) is 6.40. The van der Waals surface area contributed by atoms with Crippen molar-refractivity contribution in [1.82, 2.24) is 5.32 Å². The van der Waals surface area contributed by atoms with Gasteiger partial charge in [-0.05, 0) is 56.2 Å². The molecule has 0 radical (unpaired) electrons. The van der Waals surface area contributed by atoms with Gasteiger partial charge < -0.3 is 16.0 Å². The molecule has 1 aliphatic carbocycles. The van der Waals surface area contributed by atoms with Crippen LogP contribution < -0.4 is 16.0 Å². The van der Waals surface area contributed by atoms with Crippen LogP contribution in [-0.2, 0) is 9.59 Å². The van der Waals surface area contributed by atoms with Crippen LogP contribution in [0.4, 0.5) is 5.69 Å². The highest BCUT2D eigenvalue weighted by atomic mass is 35.5. The zero-order chi connectivity index (χ0) is 17.3. The summed E-state index contributed by atoms with van der Waals surface area (Å²) in [6.07, 6.45) is 4.52. The molecule has 2 unspecified atom stereocenters. The van der Waals surface area contributed by atoms with Gasteiger partial charge in [0.05, 0.1) is 11.5 Å². The second kappa shape index (κ2) is 7.98. The predicted octanol–water partition coefficient (Wildman–Crippen LogP) is 2.43. The van der Waals surface area contributed by atoms with E-state index < -0.39 is 0 Å². The maximum atomic E-state index is 12.6. The standard InChI is InChI=1S/C18H25N3O2S.ClH/c1-18(11-19,13-3-4-13)20-17(23)12-9-16(22)21(10-12)14-5-7-15(24-2)8-6-14;/h5-8,12-13H,3-4,9-11,19H2,1-2H3,(H,20,23);1H. The number of benzene rings is 1. The van der Waals surface area contributed by atoms with Crippen molar-refractivity contribution < 1.29 is 9.59 Å². The molecule has 1 saturated heterocycles. The van der Waals surface area contributed by atoms with Gasteiger partial charge in [-0.25, -0.2) is 0 Å². The lowest BCUT2D eigenvalue weighted by atomic mass is 9.94. The third-order valence-electron chi connectivity index (χ3n) is 5.19. The molecule has 3 N–H and O–H groups in total. The lowest BCUT2D eigenvalue weighted by Gasteiger charge is -2.30. The van der Waals surface area contributed by atoms with Gasteiger partial charge in [-0.2, -0.15) is 0 Å². The van der Waals surface area contributed by atoms with Crippen LogP contribution in [0, 0.1) is 11.8 Å². The smallest absolute Gasteiger partial charge is 0.227 e. The van der Waals surface area contributed by atoms with Gasteiger partial charge in [-0.1, -0.05) is 0 Å². The van der Waals surface area contributed by atoms with Gasteiger partial charge in [-0.3, -0.25) is 9.59 Å². The van der Waals surface area contributed by atoms with Crippen LogP contribution in [0.5, 0.6) is 0 Å². The zero-order valence-corrected chi connectivity index (χ0v) is 16.3. The number of thioether (sulfide) groups is 1. The molecule has 2 aliphatic rings. The fourth-order valence-corrected chi connectivity index (χ4v) is 3.73. The molecule has 25 heavy (non-hydrogen) atoms. The number of hydrogen-bond donors (Lipinski definition) is 2. The van der Waals surface area contributed by atoms with E-state index in [2.05, 4.69) is 5.32 Å². The average molecular weight is 384 g/mol. The van der Waals surface area contributed by atoms with Gasteiger partial charge in [0.2, 0.25) is 11.8 Å². The summed E-state index contributed by atoms with van der Waals surface area (Å²) >= 11 is 1.66. The van der Waals surface area contributed by atoms with E-state index in [1.54, 1.807) is 16.7 Å². The zero-order valence-electron chi connectivity index (χ0n) is 14.7. The Hall–Kier alpha value is -1.24. The highest BCUT2D eigenvalue weighted by Gasteiger charge is 2.44. The second-order valence-electron chi connectivity index (χ2n) is 6.99. The van der Waals surface area contributed by atoms with Crippen LogP contribution in [0.2, 0.25) is 0 Å². The van der Waals surface area contributed by atoms with E-state index in [0.717, 1.165) is 23.4 Å². The van der Waals surface area contributed by atoms with Crippen molar-refractivity contribution in [2.75, 3.05) is 24.2 Å². The van der Waals surface area contributed by atoms with Gasteiger partial charge >= 0.3 is 0 Å². The lowest BCUT2D eigenvalue weighted by Crippen LogP contribution is -2.54. The lowest BCUT2D eigenvalue weighted by molar-refractivity contribution is -0.128. The number of rotatable bonds is 6. The Bertz CT molecular complexity index is 636. The maximum Gasteiger partial charge on any atom is 0.227 e. The number of amides is 2. The molecule has 2 amide bonds. The number of carbonyl (C=O) groups excluding carboxylic acids is 2. The number of carbonyl (C=O) groups is 2. The topological polar surface area (TPSA) is 75.4 Å². The Morgan fingerprint density at radius 2 is 2.00 bits per heavy atom. The molecule has 1 aliphatic heterocycles. The van der Waals surface area contributed by atoms with Crippen molar-refractivity contribution >= 4 is 41.7 Å². The molecule has 1 aromatic rings. The van der Waals surface area contributed by atoms with Crippen molar-refractivity contribution in [2.24, 2.45) is 17.6 Å². The minimum atomic E-state index is -0.340. The summed E-state index contributed by atoms with van der Waals surface area (Å²) in [6.45, 7) is 2.89. The fourth-order valence-electron chi connectivity index (χ4n) is 3.32. The SMILES string of the molecule is CSc1ccc(N2CC(C(=O)NC(C)(CN)C3CC3)CC2=O)cc1.Cl. The summed E-state index contributed by atoms with van der Waals surface area (Å²) in [5, 5.41) is 3.11. The molecule has 0 aromatic heterocycles. The molecule has 3 rings (SSSR count). The first-order valence-corrected chi connectivity index (χ1v) is 9.66. The molecular formula is C18H26ClN3O2S. The minimum absolute atomic E-state index is 0. The summed E-state index contributed by atoms with van der Waals surface area (Å²) in [7, 11) is 0. The molecule has 5 nitrogen and oxygen atoms in total. The Balaban J connectivity index is 0.00000225. The first-order chi connectivity index (χ1) is 11.5. The summed E-state index contributed by atoms with van der Waals surface area (Å²) in [6, 6.07) is 7.88. The molecule has 1 aromatic carbocycles. The molecule has 1 heterocycles. The summed E-state index contributed by atoms with van der Waals surface area (Å²) in [4.78, 5) is 27.8. The fraction of sp³-hybridized carbons (Fsp3) is 0.556. The van der Waals surface area contributed by atoms with E-state index in [1.165, 1.54) is 0 Å². The number of anilines is 1. The molecular weight excluding hydrogens is 358 g/mol. The van der Waals surface area contributed by atoms with Gasteiger partial charge in [-0.15, -0.1) is 24.2 Å². The van der Waals surface area contributed by atoms with Gasteiger partial charge in [0, 0.05) is 30.1 Å². The van der Waals surface area contributed by atoms with E-state index >= 15 is 0 Å². The quantitative estimate of drug-likeness (QED) is 0.740. The van der Waals surface area contributed by atoms with Crippen molar-refractivity contribution in [2.45, 2.75) is 36.6 Å². The van der Waals surface area contributed by atoms with E-state index in [4.69, 9.17) is 5.73 Å². The first kappa shape index (κ1) is 20.1. The third kappa shape index (κ3) is 4.30. The number of nitrogens with zero attached hydrogens (tertiary/aromatic N) is 1. The van der Waals surface area contributed by atoms with E-state index in [0.29, 0.717) is 19.0 Å². The van der Waals surface area contributed by atoms with Crippen LogP contribution in [-0.4, -0.2) is 36.7 Å². The number of halogens is 1. The normalized spacial score (nSPS) is 22.3. The van der Waals surface area contributed by atoms with Crippen LogP contribution in [0.1, 0.15) is 26.2 Å². The molecule has 1 saturated carbocycles. The molecule has 0 bridgehead atoms. The van der Waals surface area contributed by atoms with Crippen molar-refractivity contribution in [3.05, 3.63) is 24.3 Å². The van der Waals surface area contributed by atoms with Crippen LogP contribution >= 0.6 is 24.2 Å². The van der Waals surface area contributed by atoms with E-state index in [-0.39, 0.29) is 42.1 Å². The Morgan fingerprint density at radius 3 is 2.52 bits per heavy atom. The number of nitrogens with one attached hydrogen (secondary N) is 1. The predicted molar refractivity (Wildman–Crippen MR) is 104 cm³/mol. The first-order valence-electron chi connectivity index (χ1n) is 8.43. The third-order valence-corrected chi connectivity index (χ3v) is 5.93. The van der Waals surface area contributed by atoms with Crippen LogP contribution in [0.3, 0.4) is 0 Å². The van der Waals surface area contributed by atoms with Crippen molar-refractivity contribution in [3.8, 4) is 0 Å². The maximum absolute atomic E-state index is 12.6. The van der Waals surface area contributed by atoms with Gasteiger partial charge in [0.25, 0.3) is 0 Å². The highest BCUT2D eigenvalue weighted by molar-refractivity contribution is 7.98. The summed E-state index contributed by atoms with van der Waals surface area (Å²) in [5.41, 5.74) is 6.39. The molecule has 2 fully saturated rings. The Morgan fingerprint density at radius 1 is 1.36 bits per heavy atom.